The number of carbonyl (C=O) groups excluding carboxylic acids is 2. The molecule has 236 valence electrons. The maximum absolute atomic E-state index is 13.2. The highest BCUT2D eigenvalue weighted by atomic mass is 32.1. The Bertz CT molecular complexity index is 1590. The number of benzene rings is 1. The molecule has 2 N–H and O–H groups in total. The number of fused-ring (bicyclic) bond motifs is 1. The van der Waals surface area contributed by atoms with Crippen molar-refractivity contribution in [2.75, 3.05) is 18.4 Å². The van der Waals surface area contributed by atoms with Crippen molar-refractivity contribution in [2.45, 2.75) is 80.4 Å². The zero-order valence-electron chi connectivity index (χ0n) is 26.5. The van der Waals surface area contributed by atoms with Crippen molar-refractivity contribution < 1.29 is 18.4 Å². The average molecular weight is 625 g/mol. The maximum Gasteiger partial charge on any atom is 0.272 e. The van der Waals surface area contributed by atoms with E-state index < -0.39 is 12.3 Å². The molecule has 0 bridgehead atoms. The highest BCUT2D eigenvalue weighted by Gasteiger charge is 2.30. The van der Waals surface area contributed by atoms with Gasteiger partial charge in [-0.3, -0.25) is 14.9 Å². The summed E-state index contributed by atoms with van der Waals surface area (Å²) < 4.78 is 28.3. The molecule has 1 aliphatic rings. The molecule has 1 aromatic carbocycles. The van der Waals surface area contributed by atoms with Crippen LogP contribution in [0.5, 0.6) is 0 Å². The predicted molar refractivity (Wildman–Crippen MR) is 171 cm³/mol. The standard InChI is InChI=1S/C33H42F2N6O2S/c1-20(33(5,6)7)37-17-21-8-9-25-24(14-21)38-31(39-29(42)27-11-10-26(44-27)28(34)35)41(25)19-22-12-13-40(18-22)30(43)23(16-36)15-32(2,3)4/h8-11,14-15,20,22,28,37H,12-13,17-19H2,1-7H3,(H,38,39,42). The molecule has 1 aliphatic heterocycles. The van der Waals surface area contributed by atoms with Crippen molar-refractivity contribution in [2.24, 2.45) is 16.7 Å². The summed E-state index contributed by atoms with van der Waals surface area (Å²) in [4.78, 5) is 32.7. The fourth-order valence-corrected chi connectivity index (χ4v) is 5.83. The van der Waals surface area contributed by atoms with Gasteiger partial charge < -0.3 is 14.8 Å². The van der Waals surface area contributed by atoms with Crippen LogP contribution in [0.4, 0.5) is 14.7 Å². The molecule has 3 aromatic rings. The van der Waals surface area contributed by atoms with Crippen LogP contribution in [0.3, 0.4) is 0 Å². The quantitative estimate of drug-likeness (QED) is 0.194. The number of anilines is 1. The number of thiophene rings is 1. The minimum Gasteiger partial charge on any atom is -0.338 e. The van der Waals surface area contributed by atoms with Crippen molar-refractivity contribution in [3.05, 3.63) is 57.3 Å². The van der Waals surface area contributed by atoms with Crippen LogP contribution < -0.4 is 10.6 Å². The number of alkyl halides is 2. The van der Waals surface area contributed by atoms with E-state index in [0.29, 0.717) is 37.6 Å². The van der Waals surface area contributed by atoms with Crippen LogP contribution in [0.25, 0.3) is 11.0 Å². The Hall–Kier alpha value is -3.62. The monoisotopic (exact) mass is 624 g/mol. The molecule has 11 heteroatoms. The van der Waals surface area contributed by atoms with E-state index >= 15 is 0 Å². The van der Waals surface area contributed by atoms with Crippen LogP contribution in [0.2, 0.25) is 0 Å². The van der Waals surface area contributed by atoms with Gasteiger partial charge in [0.1, 0.15) is 11.6 Å². The fourth-order valence-electron chi connectivity index (χ4n) is 5.07. The number of hydrogen-bond acceptors (Lipinski definition) is 6. The van der Waals surface area contributed by atoms with Gasteiger partial charge >= 0.3 is 0 Å². The second-order valence-electron chi connectivity index (χ2n) is 13.7. The van der Waals surface area contributed by atoms with Crippen molar-refractivity contribution in [3.63, 3.8) is 0 Å². The van der Waals surface area contributed by atoms with E-state index in [1.807, 2.05) is 43.5 Å². The maximum atomic E-state index is 13.2. The van der Waals surface area contributed by atoms with Crippen molar-refractivity contribution in [3.8, 4) is 6.07 Å². The summed E-state index contributed by atoms with van der Waals surface area (Å²) in [5, 5.41) is 16.0. The van der Waals surface area contributed by atoms with Gasteiger partial charge in [0, 0.05) is 32.2 Å². The molecule has 0 radical (unpaired) electrons. The second-order valence-corrected chi connectivity index (χ2v) is 14.9. The van der Waals surface area contributed by atoms with Crippen LogP contribution in [0.1, 0.15) is 81.4 Å². The number of imidazole rings is 1. The molecule has 44 heavy (non-hydrogen) atoms. The normalized spacial score (nSPS) is 16.9. The SMILES string of the molecule is CC(NCc1ccc2c(c1)nc(NC(=O)c1ccc(C(F)F)s1)n2CC1CCN(C(=O)C(C#N)=CC(C)(C)C)C1)C(C)(C)C. The van der Waals surface area contributed by atoms with E-state index in [9.17, 15) is 23.6 Å². The number of carbonyl (C=O) groups is 2. The number of rotatable bonds is 9. The average Bonchev–Trinajstić information content (AvgIpc) is 3.68. The summed E-state index contributed by atoms with van der Waals surface area (Å²) in [5.74, 6) is -0.403. The highest BCUT2D eigenvalue weighted by Crippen LogP contribution is 2.30. The lowest BCUT2D eigenvalue weighted by Gasteiger charge is -2.28. The zero-order valence-corrected chi connectivity index (χ0v) is 27.3. The lowest BCUT2D eigenvalue weighted by molar-refractivity contribution is -0.125. The summed E-state index contributed by atoms with van der Waals surface area (Å²) >= 11 is 0.756. The summed E-state index contributed by atoms with van der Waals surface area (Å²) in [7, 11) is 0. The van der Waals surface area contributed by atoms with E-state index in [1.165, 1.54) is 12.1 Å². The number of hydrogen-bond donors (Lipinski definition) is 2. The number of aromatic nitrogens is 2. The van der Waals surface area contributed by atoms with Crippen molar-refractivity contribution >= 4 is 40.1 Å². The number of halogens is 2. The molecule has 8 nitrogen and oxygen atoms in total. The van der Waals surface area contributed by atoms with E-state index in [4.69, 9.17) is 4.98 Å². The molecule has 4 rings (SSSR count). The van der Waals surface area contributed by atoms with Gasteiger partial charge in [-0.2, -0.15) is 5.26 Å². The Morgan fingerprint density at radius 1 is 1.18 bits per heavy atom. The third kappa shape index (κ3) is 8.10. The lowest BCUT2D eigenvalue weighted by Crippen LogP contribution is -2.37. The van der Waals surface area contributed by atoms with Crippen molar-refractivity contribution in [1.82, 2.24) is 19.8 Å². The third-order valence-corrected chi connectivity index (χ3v) is 9.05. The Morgan fingerprint density at radius 3 is 2.52 bits per heavy atom. The van der Waals surface area contributed by atoms with Gasteiger partial charge in [-0.1, -0.05) is 53.7 Å². The highest BCUT2D eigenvalue weighted by molar-refractivity contribution is 7.14. The van der Waals surface area contributed by atoms with E-state index in [0.717, 1.165) is 28.8 Å². The molecule has 2 aromatic heterocycles. The predicted octanol–water partition coefficient (Wildman–Crippen LogP) is 7.16. The third-order valence-electron chi connectivity index (χ3n) is 7.96. The van der Waals surface area contributed by atoms with Crippen molar-refractivity contribution in [1.29, 1.82) is 5.26 Å². The minimum absolute atomic E-state index is 0.0581. The first-order valence-electron chi connectivity index (χ1n) is 14.9. The van der Waals surface area contributed by atoms with E-state index in [-0.39, 0.29) is 44.0 Å². The topological polar surface area (TPSA) is 103 Å². The van der Waals surface area contributed by atoms with Gasteiger partial charge in [-0.25, -0.2) is 13.8 Å². The van der Waals surface area contributed by atoms with Gasteiger partial charge in [0.25, 0.3) is 18.2 Å². The Morgan fingerprint density at radius 2 is 1.91 bits per heavy atom. The molecule has 2 atom stereocenters. The molecule has 0 aliphatic carbocycles. The van der Waals surface area contributed by atoms with Crippen LogP contribution in [0.15, 0.2) is 42.0 Å². The fraction of sp³-hybridized carbons (Fsp3) is 0.515. The Kier molecular flexibility index (Phi) is 9.96. The largest absolute Gasteiger partial charge is 0.338 e. The summed E-state index contributed by atoms with van der Waals surface area (Å²) in [6.07, 6.45) is -0.215. The molecule has 0 spiro atoms. The first kappa shape index (κ1) is 33.3. The summed E-state index contributed by atoms with van der Waals surface area (Å²) in [5.41, 5.74) is 2.50. The number of amides is 2. The summed E-state index contributed by atoms with van der Waals surface area (Å²) in [6, 6.07) is 11.0. The van der Waals surface area contributed by atoms with Gasteiger partial charge in [-0.05, 0) is 59.9 Å². The first-order valence-corrected chi connectivity index (χ1v) is 15.7. The van der Waals surface area contributed by atoms with E-state index in [1.54, 1.807) is 11.0 Å². The number of likely N-dealkylation sites (tertiary alicyclic amines) is 1. The molecular weight excluding hydrogens is 582 g/mol. The molecule has 3 heterocycles. The molecule has 1 saturated heterocycles. The molecular formula is C33H42F2N6O2S. The second kappa shape index (κ2) is 13.2. The zero-order chi connectivity index (χ0) is 32.4. The number of allylic oxidation sites excluding steroid dienone is 1. The van der Waals surface area contributed by atoms with Crippen LogP contribution >= 0.6 is 11.3 Å². The minimum atomic E-state index is -2.65. The smallest absolute Gasteiger partial charge is 0.272 e. The molecule has 2 unspecified atom stereocenters. The molecule has 1 fully saturated rings. The summed E-state index contributed by atoms with van der Waals surface area (Å²) in [6.45, 7) is 16.7. The van der Waals surface area contributed by atoms with Gasteiger partial charge in [0.05, 0.1) is 20.8 Å². The van der Waals surface area contributed by atoms with Gasteiger partial charge in [0.2, 0.25) is 5.95 Å². The van der Waals surface area contributed by atoms with Crippen LogP contribution in [0, 0.1) is 28.1 Å². The number of nitrogens with zero attached hydrogens (tertiary/aromatic N) is 4. The lowest BCUT2D eigenvalue weighted by atomic mass is 9.88. The van der Waals surface area contributed by atoms with Gasteiger partial charge in [0.15, 0.2) is 0 Å². The molecule has 0 saturated carbocycles. The van der Waals surface area contributed by atoms with E-state index in [2.05, 4.69) is 44.4 Å². The van der Waals surface area contributed by atoms with Crippen LogP contribution in [-0.2, 0) is 17.9 Å². The molecule has 2 amide bonds. The number of nitrogens with one attached hydrogen (secondary N) is 2. The Balaban J connectivity index is 1.60. The first-order chi connectivity index (χ1) is 20.6. The Labute approximate surface area is 262 Å². The number of nitriles is 1. The van der Waals surface area contributed by atoms with Gasteiger partial charge in [-0.15, -0.1) is 11.3 Å². The van der Waals surface area contributed by atoms with Crippen LogP contribution in [-0.4, -0.2) is 45.4 Å².